The summed E-state index contributed by atoms with van der Waals surface area (Å²) in [5.74, 6) is 0.740. The molecule has 0 aliphatic carbocycles. The molecule has 0 radical (unpaired) electrons. The van der Waals surface area contributed by atoms with Crippen LogP contribution in [0.5, 0.6) is 5.75 Å². The molecule has 0 bridgehead atoms. The van der Waals surface area contributed by atoms with Gasteiger partial charge in [-0.15, -0.1) is 0 Å². The standard InChI is InChI=1S/C28H32N4O4/c1-20(2)36-25-12-9-23(10-13-25)28(33)31-17-15-30(16-18-31)24-11-14-27(32(34)35)26(19-24)29-21(3)22-7-5-4-6-8-22/h4-14,19-21,29H,15-18H2,1-3H3. The van der Waals surface area contributed by atoms with Gasteiger partial charge in [0, 0.05) is 49.5 Å². The van der Waals surface area contributed by atoms with Gasteiger partial charge in [0.15, 0.2) is 0 Å². The third-order valence-corrected chi connectivity index (χ3v) is 6.25. The highest BCUT2D eigenvalue weighted by Crippen LogP contribution is 2.33. The largest absolute Gasteiger partial charge is 0.491 e. The van der Waals surface area contributed by atoms with Crippen LogP contribution in [0.25, 0.3) is 0 Å². The van der Waals surface area contributed by atoms with Gasteiger partial charge in [-0.1, -0.05) is 30.3 Å². The molecule has 3 aromatic carbocycles. The lowest BCUT2D eigenvalue weighted by atomic mass is 10.1. The van der Waals surface area contributed by atoms with E-state index in [-0.39, 0.29) is 28.7 Å². The zero-order chi connectivity index (χ0) is 25.7. The lowest BCUT2D eigenvalue weighted by Crippen LogP contribution is -2.48. The van der Waals surface area contributed by atoms with Gasteiger partial charge in [0.25, 0.3) is 11.6 Å². The van der Waals surface area contributed by atoms with E-state index in [2.05, 4.69) is 10.2 Å². The van der Waals surface area contributed by atoms with Gasteiger partial charge in [-0.05, 0) is 62.7 Å². The maximum Gasteiger partial charge on any atom is 0.292 e. The van der Waals surface area contributed by atoms with E-state index in [0.717, 1.165) is 17.0 Å². The second-order valence-corrected chi connectivity index (χ2v) is 9.21. The molecule has 1 amide bonds. The number of nitro benzene ring substituents is 1. The number of nitro groups is 1. The van der Waals surface area contributed by atoms with Gasteiger partial charge in [-0.25, -0.2) is 0 Å². The summed E-state index contributed by atoms with van der Waals surface area (Å²) in [4.78, 5) is 28.3. The summed E-state index contributed by atoms with van der Waals surface area (Å²) < 4.78 is 5.66. The Morgan fingerprint density at radius 3 is 2.22 bits per heavy atom. The van der Waals surface area contributed by atoms with Gasteiger partial charge >= 0.3 is 0 Å². The van der Waals surface area contributed by atoms with E-state index in [1.807, 2.05) is 74.2 Å². The molecule has 0 spiro atoms. The molecular weight excluding hydrogens is 456 g/mol. The highest BCUT2D eigenvalue weighted by molar-refractivity contribution is 5.94. The molecule has 1 saturated heterocycles. The number of ether oxygens (including phenoxy) is 1. The molecule has 1 unspecified atom stereocenters. The van der Waals surface area contributed by atoms with Crippen LogP contribution in [0.2, 0.25) is 0 Å². The van der Waals surface area contributed by atoms with Gasteiger partial charge in [-0.2, -0.15) is 0 Å². The van der Waals surface area contributed by atoms with Gasteiger partial charge in [0.2, 0.25) is 0 Å². The number of hydrogen-bond acceptors (Lipinski definition) is 6. The number of rotatable bonds is 8. The van der Waals surface area contributed by atoms with Crippen LogP contribution >= 0.6 is 0 Å². The van der Waals surface area contributed by atoms with E-state index in [1.165, 1.54) is 0 Å². The number of carbonyl (C=O) groups is 1. The first-order valence-electron chi connectivity index (χ1n) is 12.2. The number of piperazine rings is 1. The molecule has 0 aromatic heterocycles. The Labute approximate surface area is 211 Å². The molecule has 4 rings (SSSR count). The fourth-order valence-corrected chi connectivity index (χ4v) is 4.35. The van der Waals surface area contributed by atoms with Crippen LogP contribution in [0.1, 0.15) is 42.7 Å². The van der Waals surface area contributed by atoms with Crippen molar-refractivity contribution in [3.05, 3.63) is 94.0 Å². The summed E-state index contributed by atoms with van der Waals surface area (Å²) in [5, 5.41) is 15.0. The van der Waals surface area contributed by atoms with Crippen molar-refractivity contribution in [2.45, 2.75) is 32.9 Å². The Bertz CT molecular complexity index is 1190. The Kier molecular flexibility index (Phi) is 7.73. The molecule has 188 valence electrons. The summed E-state index contributed by atoms with van der Waals surface area (Å²) in [6.07, 6.45) is 0.0799. The van der Waals surface area contributed by atoms with Crippen LogP contribution in [0.3, 0.4) is 0 Å². The van der Waals surface area contributed by atoms with Crippen LogP contribution in [-0.2, 0) is 0 Å². The second-order valence-electron chi connectivity index (χ2n) is 9.21. The zero-order valence-electron chi connectivity index (χ0n) is 20.9. The van der Waals surface area contributed by atoms with Crippen molar-refractivity contribution in [3.8, 4) is 5.75 Å². The van der Waals surface area contributed by atoms with Crippen molar-refractivity contribution in [2.24, 2.45) is 0 Å². The normalized spacial score (nSPS) is 14.4. The third kappa shape index (κ3) is 5.94. The smallest absolute Gasteiger partial charge is 0.292 e. The van der Waals surface area contributed by atoms with Crippen molar-refractivity contribution in [3.63, 3.8) is 0 Å². The van der Waals surface area contributed by atoms with Crippen molar-refractivity contribution >= 4 is 23.0 Å². The average molecular weight is 489 g/mol. The Balaban J connectivity index is 1.42. The number of carbonyl (C=O) groups excluding carboxylic acids is 1. The Hall–Kier alpha value is -4.07. The minimum atomic E-state index is -0.363. The van der Waals surface area contributed by atoms with Gasteiger partial charge < -0.3 is 19.9 Å². The van der Waals surface area contributed by atoms with Crippen LogP contribution in [0, 0.1) is 10.1 Å². The molecule has 8 nitrogen and oxygen atoms in total. The number of nitrogens with zero attached hydrogens (tertiary/aromatic N) is 3. The third-order valence-electron chi connectivity index (χ3n) is 6.25. The van der Waals surface area contributed by atoms with E-state index < -0.39 is 0 Å². The average Bonchev–Trinajstić information content (AvgIpc) is 2.89. The van der Waals surface area contributed by atoms with Crippen LogP contribution in [0.4, 0.5) is 17.1 Å². The van der Waals surface area contributed by atoms with E-state index in [9.17, 15) is 14.9 Å². The molecule has 3 aromatic rings. The topological polar surface area (TPSA) is 88.0 Å². The number of nitrogens with one attached hydrogen (secondary N) is 1. The quantitative estimate of drug-likeness (QED) is 0.332. The fraction of sp³-hybridized carbons (Fsp3) is 0.321. The van der Waals surface area contributed by atoms with Crippen molar-refractivity contribution in [1.82, 2.24) is 4.90 Å². The van der Waals surface area contributed by atoms with E-state index in [1.54, 1.807) is 24.3 Å². The molecule has 1 atom stereocenters. The lowest BCUT2D eigenvalue weighted by molar-refractivity contribution is -0.384. The zero-order valence-corrected chi connectivity index (χ0v) is 20.9. The molecule has 0 saturated carbocycles. The summed E-state index contributed by atoms with van der Waals surface area (Å²) in [5.41, 5.74) is 3.10. The molecule has 1 aliphatic rings. The molecule has 1 heterocycles. The van der Waals surface area contributed by atoms with E-state index in [0.29, 0.717) is 37.4 Å². The first-order chi connectivity index (χ1) is 17.3. The summed E-state index contributed by atoms with van der Waals surface area (Å²) in [7, 11) is 0. The minimum absolute atomic E-state index is 0.00603. The van der Waals surface area contributed by atoms with Gasteiger partial charge in [0.1, 0.15) is 11.4 Å². The van der Waals surface area contributed by atoms with Crippen LogP contribution in [-0.4, -0.2) is 48.0 Å². The molecule has 1 N–H and O–H groups in total. The predicted octanol–water partition coefficient (Wildman–Crippen LogP) is 5.52. The maximum absolute atomic E-state index is 13.0. The van der Waals surface area contributed by atoms with E-state index >= 15 is 0 Å². The summed E-state index contributed by atoms with van der Waals surface area (Å²) in [6, 6.07) is 22.2. The number of amides is 1. The van der Waals surface area contributed by atoms with Gasteiger partial charge in [-0.3, -0.25) is 14.9 Å². The van der Waals surface area contributed by atoms with Gasteiger partial charge in [0.05, 0.1) is 11.0 Å². The molecule has 36 heavy (non-hydrogen) atoms. The molecule has 1 aliphatic heterocycles. The van der Waals surface area contributed by atoms with Crippen molar-refractivity contribution in [1.29, 1.82) is 0 Å². The number of anilines is 2. The highest BCUT2D eigenvalue weighted by atomic mass is 16.6. The number of hydrogen-bond donors (Lipinski definition) is 1. The Morgan fingerprint density at radius 1 is 0.944 bits per heavy atom. The lowest BCUT2D eigenvalue weighted by Gasteiger charge is -2.36. The fourth-order valence-electron chi connectivity index (χ4n) is 4.35. The SMILES string of the molecule is CC(C)Oc1ccc(C(=O)N2CCN(c3ccc([N+](=O)[O-])c(NC(C)c4ccccc4)c3)CC2)cc1. The second kappa shape index (κ2) is 11.1. The molecule has 8 heteroatoms. The molecular formula is C28H32N4O4. The van der Waals surface area contributed by atoms with Crippen molar-refractivity contribution < 1.29 is 14.5 Å². The predicted molar refractivity (Wildman–Crippen MR) is 142 cm³/mol. The minimum Gasteiger partial charge on any atom is -0.491 e. The first kappa shape index (κ1) is 25.0. The Morgan fingerprint density at radius 2 is 1.61 bits per heavy atom. The summed E-state index contributed by atoms with van der Waals surface area (Å²) in [6.45, 7) is 8.35. The van der Waals surface area contributed by atoms with Crippen molar-refractivity contribution in [2.75, 3.05) is 36.4 Å². The van der Waals surface area contributed by atoms with Crippen LogP contribution < -0.4 is 15.0 Å². The monoisotopic (exact) mass is 488 g/mol. The first-order valence-corrected chi connectivity index (χ1v) is 12.2. The summed E-state index contributed by atoms with van der Waals surface area (Å²) >= 11 is 0. The van der Waals surface area contributed by atoms with Crippen LogP contribution in [0.15, 0.2) is 72.8 Å². The highest BCUT2D eigenvalue weighted by Gasteiger charge is 2.24. The maximum atomic E-state index is 13.0. The van der Waals surface area contributed by atoms with E-state index in [4.69, 9.17) is 4.74 Å². The number of benzene rings is 3. The molecule has 1 fully saturated rings.